The van der Waals surface area contributed by atoms with E-state index < -0.39 is 18.5 Å². The Morgan fingerprint density at radius 3 is 2.57 bits per heavy atom. The molecule has 1 saturated carbocycles. The van der Waals surface area contributed by atoms with E-state index in [1.807, 2.05) is 6.92 Å². The zero-order chi connectivity index (χ0) is 15.5. The summed E-state index contributed by atoms with van der Waals surface area (Å²) in [4.78, 5) is 1.30. The van der Waals surface area contributed by atoms with Crippen LogP contribution in [0.15, 0.2) is 18.2 Å². The van der Waals surface area contributed by atoms with Gasteiger partial charge in [-0.25, -0.2) is 4.39 Å². The summed E-state index contributed by atoms with van der Waals surface area (Å²) in [6.07, 6.45) is -1.94. The Bertz CT molecular complexity index is 469. The highest BCUT2D eigenvalue weighted by molar-refractivity contribution is 5.56. The van der Waals surface area contributed by atoms with Gasteiger partial charge in [-0.3, -0.25) is 0 Å². The Kier molecular flexibility index (Phi) is 5.08. The number of hydrogen-bond acceptors (Lipinski definition) is 2. The number of hydrogen-bond donors (Lipinski definition) is 1. The van der Waals surface area contributed by atoms with Crippen LogP contribution in [-0.2, 0) is 6.54 Å². The molecule has 6 heteroatoms. The summed E-state index contributed by atoms with van der Waals surface area (Å²) in [6.45, 7) is 1.91. The second-order valence-electron chi connectivity index (χ2n) is 5.39. The molecular weight excluding hydrogens is 284 g/mol. The second kappa shape index (κ2) is 6.64. The van der Waals surface area contributed by atoms with Crippen molar-refractivity contribution in [1.82, 2.24) is 5.32 Å². The van der Waals surface area contributed by atoms with Gasteiger partial charge in [0.15, 0.2) is 0 Å². The summed E-state index contributed by atoms with van der Waals surface area (Å²) in [7, 11) is 0. The highest BCUT2D eigenvalue weighted by atomic mass is 19.4. The molecule has 0 amide bonds. The van der Waals surface area contributed by atoms with Crippen molar-refractivity contribution in [3.63, 3.8) is 0 Å². The van der Waals surface area contributed by atoms with Crippen LogP contribution in [-0.4, -0.2) is 25.3 Å². The average molecular weight is 304 g/mol. The maximum atomic E-state index is 14.0. The van der Waals surface area contributed by atoms with Crippen LogP contribution in [0.2, 0.25) is 0 Å². The SMILES string of the molecule is CCCNCc1c(F)cccc1N(CC(F)(F)F)C1CC1. The van der Waals surface area contributed by atoms with Crippen LogP contribution < -0.4 is 10.2 Å². The van der Waals surface area contributed by atoms with Crippen molar-refractivity contribution >= 4 is 5.69 Å². The van der Waals surface area contributed by atoms with Gasteiger partial charge in [-0.2, -0.15) is 13.2 Å². The van der Waals surface area contributed by atoms with Crippen molar-refractivity contribution in [2.24, 2.45) is 0 Å². The van der Waals surface area contributed by atoms with Gasteiger partial charge in [0, 0.05) is 23.8 Å². The molecule has 1 aromatic rings. The van der Waals surface area contributed by atoms with Crippen LogP contribution >= 0.6 is 0 Å². The van der Waals surface area contributed by atoms with E-state index in [0.29, 0.717) is 17.8 Å². The number of nitrogens with zero attached hydrogens (tertiary/aromatic N) is 1. The summed E-state index contributed by atoms with van der Waals surface area (Å²) in [6, 6.07) is 4.22. The molecule has 2 rings (SSSR count). The van der Waals surface area contributed by atoms with E-state index in [0.717, 1.165) is 19.3 Å². The molecule has 2 nitrogen and oxygen atoms in total. The largest absolute Gasteiger partial charge is 0.405 e. The number of benzene rings is 1. The molecule has 0 aromatic heterocycles. The van der Waals surface area contributed by atoms with Crippen molar-refractivity contribution in [2.75, 3.05) is 18.0 Å². The van der Waals surface area contributed by atoms with E-state index in [2.05, 4.69) is 5.32 Å². The molecule has 0 spiro atoms. The summed E-state index contributed by atoms with van der Waals surface area (Å²) in [5.41, 5.74) is 0.681. The van der Waals surface area contributed by atoms with Crippen LogP contribution in [0.3, 0.4) is 0 Å². The number of rotatable bonds is 7. The number of nitrogens with one attached hydrogen (secondary N) is 1. The zero-order valence-electron chi connectivity index (χ0n) is 12.0. The maximum Gasteiger partial charge on any atom is 0.405 e. The van der Waals surface area contributed by atoms with Crippen LogP contribution in [0.1, 0.15) is 31.7 Å². The van der Waals surface area contributed by atoms with Crippen molar-refractivity contribution in [3.8, 4) is 0 Å². The molecule has 1 aliphatic carbocycles. The smallest absolute Gasteiger partial charge is 0.359 e. The Morgan fingerprint density at radius 1 is 1.29 bits per heavy atom. The lowest BCUT2D eigenvalue weighted by Gasteiger charge is -2.28. The van der Waals surface area contributed by atoms with Crippen LogP contribution in [0.5, 0.6) is 0 Å². The molecule has 0 aliphatic heterocycles. The zero-order valence-corrected chi connectivity index (χ0v) is 12.0. The fraction of sp³-hybridized carbons (Fsp3) is 0.600. The van der Waals surface area contributed by atoms with Crippen molar-refractivity contribution < 1.29 is 17.6 Å². The van der Waals surface area contributed by atoms with Gasteiger partial charge in [-0.05, 0) is 37.9 Å². The molecule has 1 aliphatic rings. The third-order valence-corrected chi connectivity index (χ3v) is 3.47. The van der Waals surface area contributed by atoms with Gasteiger partial charge in [0.1, 0.15) is 12.4 Å². The second-order valence-corrected chi connectivity index (χ2v) is 5.39. The Labute approximate surface area is 122 Å². The van der Waals surface area contributed by atoms with Gasteiger partial charge in [0.25, 0.3) is 0 Å². The van der Waals surface area contributed by atoms with Crippen LogP contribution in [0, 0.1) is 5.82 Å². The summed E-state index contributed by atoms with van der Waals surface area (Å²) in [5, 5.41) is 3.06. The minimum absolute atomic E-state index is 0.127. The lowest BCUT2D eigenvalue weighted by atomic mass is 10.1. The molecule has 1 fully saturated rings. The van der Waals surface area contributed by atoms with Crippen molar-refractivity contribution in [2.45, 2.75) is 44.9 Å². The average Bonchev–Trinajstić information content (AvgIpc) is 3.21. The summed E-state index contributed by atoms with van der Waals surface area (Å²) < 4.78 is 52.3. The molecule has 0 heterocycles. The number of anilines is 1. The van der Waals surface area contributed by atoms with Gasteiger partial charge in [-0.1, -0.05) is 13.0 Å². The monoisotopic (exact) mass is 304 g/mol. The third-order valence-electron chi connectivity index (χ3n) is 3.47. The van der Waals surface area contributed by atoms with E-state index in [-0.39, 0.29) is 12.6 Å². The fourth-order valence-electron chi connectivity index (χ4n) is 2.37. The Morgan fingerprint density at radius 2 is 2.00 bits per heavy atom. The molecule has 0 bridgehead atoms. The van der Waals surface area contributed by atoms with E-state index in [1.54, 1.807) is 6.07 Å². The third kappa shape index (κ3) is 4.59. The predicted molar refractivity (Wildman–Crippen MR) is 74.8 cm³/mol. The van der Waals surface area contributed by atoms with Gasteiger partial charge < -0.3 is 10.2 Å². The topological polar surface area (TPSA) is 15.3 Å². The van der Waals surface area contributed by atoms with Gasteiger partial charge in [0.2, 0.25) is 0 Å². The van der Waals surface area contributed by atoms with Gasteiger partial charge >= 0.3 is 6.18 Å². The number of halogens is 4. The lowest BCUT2D eigenvalue weighted by Crippen LogP contribution is -2.37. The van der Waals surface area contributed by atoms with Crippen molar-refractivity contribution in [1.29, 1.82) is 0 Å². The molecule has 0 radical (unpaired) electrons. The first-order valence-electron chi connectivity index (χ1n) is 7.24. The highest BCUT2D eigenvalue weighted by Gasteiger charge is 2.39. The normalized spacial score (nSPS) is 15.3. The quantitative estimate of drug-likeness (QED) is 0.608. The predicted octanol–water partition coefficient (Wildman–Crippen LogP) is 3.86. The van der Waals surface area contributed by atoms with E-state index in [4.69, 9.17) is 0 Å². The molecule has 21 heavy (non-hydrogen) atoms. The Hall–Kier alpha value is -1.30. The highest BCUT2D eigenvalue weighted by Crippen LogP contribution is 2.36. The molecule has 1 N–H and O–H groups in total. The summed E-state index contributed by atoms with van der Waals surface area (Å²) in [5.74, 6) is -0.455. The maximum absolute atomic E-state index is 14.0. The molecule has 1 aromatic carbocycles. The first-order valence-corrected chi connectivity index (χ1v) is 7.24. The number of alkyl halides is 3. The van der Waals surface area contributed by atoms with Crippen molar-refractivity contribution in [3.05, 3.63) is 29.6 Å². The fourth-order valence-corrected chi connectivity index (χ4v) is 2.37. The van der Waals surface area contributed by atoms with Gasteiger partial charge in [-0.15, -0.1) is 0 Å². The Balaban J connectivity index is 2.24. The molecular formula is C15H20F4N2. The minimum atomic E-state index is -4.29. The van der Waals surface area contributed by atoms with E-state index in [1.165, 1.54) is 17.0 Å². The van der Waals surface area contributed by atoms with E-state index >= 15 is 0 Å². The molecule has 0 saturated heterocycles. The van der Waals surface area contributed by atoms with Crippen LogP contribution in [0.4, 0.5) is 23.2 Å². The van der Waals surface area contributed by atoms with E-state index in [9.17, 15) is 17.6 Å². The molecule has 118 valence electrons. The lowest BCUT2D eigenvalue weighted by molar-refractivity contribution is -0.120. The first-order chi connectivity index (χ1) is 9.92. The molecule has 0 atom stereocenters. The standard InChI is InChI=1S/C15H20F4N2/c1-2-8-20-9-12-13(16)4-3-5-14(12)21(11-6-7-11)10-15(17,18)19/h3-5,11,20H,2,6-10H2,1H3. The van der Waals surface area contributed by atoms with Crippen LogP contribution in [0.25, 0.3) is 0 Å². The summed E-state index contributed by atoms with van der Waals surface area (Å²) >= 11 is 0. The molecule has 0 unspecified atom stereocenters. The minimum Gasteiger partial charge on any atom is -0.359 e. The first kappa shape index (κ1) is 16.1. The van der Waals surface area contributed by atoms with Gasteiger partial charge in [0.05, 0.1) is 0 Å².